The first-order chi connectivity index (χ1) is 13.8. The topological polar surface area (TPSA) is 71.0 Å². The lowest BCUT2D eigenvalue weighted by atomic mass is 9.75. The van der Waals surface area contributed by atoms with E-state index in [1.54, 1.807) is 4.90 Å². The first-order valence-electron chi connectivity index (χ1n) is 10.7. The summed E-state index contributed by atoms with van der Waals surface area (Å²) < 4.78 is 26.6. The standard InChI is InChI=1S/C22H34BFN2O4/c1-13(2)8-15-11-26(12-19(15)27)20(28)25-18-10-16(24)9-17(14(18)3)23-29-21(4,5)22(6,7)30-23/h9-10,13,15,19,27H,8,11-12H2,1-7H3,(H,25,28)/t15-,19+/m1/s1. The molecule has 2 aliphatic rings. The van der Waals surface area contributed by atoms with Gasteiger partial charge in [-0.1, -0.05) is 13.8 Å². The number of carbonyl (C=O) groups excluding carboxylic acids is 1. The van der Waals surface area contributed by atoms with Crippen molar-refractivity contribution in [2.45, 2.75) is 72.2 Å². The Morgan fingerprint density at radius 3 is 2.43 bits per heavy atom. The molecule has 30 heavy (non-hydrogen) atoms. The van der Waals surface area contributed by atoms with Crippen molar-refractivity contribution in [1.82, 2.24) is 4.90 Å². The van der Waals surface area contributed by atoms with Gasteiger partial charge in [-0.3, -0.25) is 0 Å². The third-order valence-electron chi connectivity index (χ3n) is 6.63. The summed E-state index contributed by atoms with van der Waals surface area (Å²) in [6.45, 7) is 14.5. The van der Waals surface area contributed by atoms with Gasteiger partial charge in [-0.05, 0) is 70.1 Å². The molecule has 1 aromatic rings. The smallest absolute Gasteiger partial charge is 0.399 e. The maximum Gasteiger partial charge on any atom is 0.495 e. The summed E-state index contributed by atoms with van der Waals surface area (Å²) in [5.41, 5.74) is 0.546. The maximum atomic E-state index is 14.4. The van der Waals surface area contributed by atoms with Gasteiger partial charge in [-0.25, -0.2) is 9.18 Å². The van der Waals surface area contributed by atoms with Crippen LogP contribution in [-0.2, 0) is 9.31 Å². The van der Waals surface area contributed by atoms with Crippen LogP contribution in [0.15, 0.2) is 12.1 Å². The molecule has 166 valence electrons. The number of likely N-dealkylation sites (tertiary alicyclic amines) is 1. The van der Waals surface area contributed by atoms with Crippen molar-refractivity contribution in [3.05, 3.63) is 23.5 Å². The van der Waals surface area contributed by atoms with Crippen molar-refractivity contribution < 1.29 is 23.6 Å². The van der Waals surface area contributed by atoms with Crippen molar-refractivity contribution >= 4 is 24.3 Å². The lowest BCUT2D eigenvalue weighted by Crippen LogP contribution is -2.41. The zero-order valence-corrected chi connectivity index (χ0v) is 19.1. The Hall–Kier alpha value is -1.64. The van der Waals surface area contributed by atoms with Crippen LogP contribution in [0.2, 0.25) is 0 Å². The van der Waals surface area contributed by atoms with Gasteiger partial charge in [0, 0.05) is 24.7 Å². The number of β-amino-alcohol motifs (C(OH)–C–C–N with tert-alkyl or cyclic N) is 1. The van der Waals surface area contributed by atoms with E-state index in [2.05, 4.69) is 19.2 Å². The molecule has 3 rings (SSSR count). The quantitative estimate of drug-likeness (QED) is 0.734. The number of nitrogens with one attached hydrogen (secondary N) is 1. The fourth-order valence-corrected chi connectivity index (χ4v) is 4.10. The minimum Gasteiger partial charge on any atom is -0.399 e. The molecule has 2 saturated heterocycles. The fourth-order valence-electron chi connectivity index (χ4n) is 4.10. The molecule has 8 heteroatoms. The molecule has 2 heterocycles. The number of urea groups is 1. The largest absolute Gasteiger partial charge is 0.495 e. The SMILES string of the molecule is Cc1c(NC(=O)N2C[C@@H](CC(C)C)[C@@H](O)C2)cc(F)cc1B1OC(C)(C)C(C)(C)O1. The van der Waals surface area contributed by atoms with Crippen LogP contribution in [0, 0.1) is 24.6 Å². The lowest BCUT2D eigenvalue weighted by molar-refractivity contribution is 0.00578. The van der Waals surface area contributed by atoms with Gasteiger partial charge in [0.15, 0.2) is 0 Å². The Morgan fingerprint density at radius 1 is 1.27 bits per heavy atom. The lowest BCUT2D eigenvalue weighted by Gasteiger charge is -2.32. The molecular weight excluding hydrogens is 386 g/mol. The van der Waals surface area contributed by atoms with Crippen LogP contribution in [0.1, 0.15) is 53.5 Å². The van der Waals surface area contributed by atoms with E-state index >= 15 is 0 Å². The fraction of sp³-hybridized carbons (Fsp3) is 0.682. The third kappa shape index (κ3) is 4.50. The van der Waals surface area contributed by atoms with Crippen LogP contribution in [0.3, 0.4) is 0 Å². The van der Waals surface area contributed by atoms with Crippen LogP contribution >= 0.6 is 0 Å². The van der Waals surface area contributed by atoms with Gasteiger partial charge in [-0.2, -0.15) is 0 Å². The second-order valence-electron chi connectivity index (χ2n) is 10.0. The minimum absolute atomic E-state index is 0.0599. The molecule has 1 aromatic carbocycles. The molecule has 0 aromatic heterocycles. The highest BCUT2D eigenvalue weighted by molar-refractivity contribution is 6.62. The van der Waals surface area contributed by atoms with Crippen LogP contribution in [0.25, 0.3) is 0 Å². The molecule has 0 spiro atoms. The summed E-state index contributed by atoms with van der Waals surface area (Å²) in [6, 6.07) is 2.36. The number of anilines is 1. The average molecular weight is 420 g/mol. The number of benzene rings is 1. The van der Waals surface area contributed by atoms with E-state index in [-0.39, 0.29) is 18.5 Å². The van der Waals surface area contributed by atoms with E-state index < -0.39 is 30.2 Å². The van der Waals surface area contributed by atoms with Crippen molar-refractivity contribution in [3.8, 4) is 0 Å². The molecule has 0 radical (unpaired) electrons. The van der Waals surface area contributed by atoms with Crippen molar-refractivity contribution in [2.75, 3.05) is 18.4 Å². The van der Waals surface area contributed by atoms with E-state index in [1.165, 1.54) is 12.1 Å². The van der Waals surface area contributed by atoms with E-state index in [0.29, 0.717) is 29.2 Å². The summed E-state index contributed by atoms with van der Waals surface area (Å²) >= 11 is 0. The molecule has 0 bridgehead atoms. The Kier molecular flexibility index (Phi) is 6.24. The number of aliphatic hydroxyl groups excluding tert-OH is 1. The van der Waals surface area contributed by atoms with Crippen molar-refractivity contribution in [2.24, 2.45) is 11.8 Å². The molecule has 0 saturated carbocycles. The summed E-state index contributed by atoms with van der Waals surface area (Å²) in [5, 5.41) is 13.1. The Bertz CT molecular complexity index is 799. The van der Waals surface area contributed by atoms with E-state index in [4.69, 9.17) is 9.31 Å². The second kappa shape index (κ2) is 8.13. The molecule has 2 aliphatic heterocycles. The number of amides is 2. The van der Waals surface area contributed by atoms with Crippen LogP contribution in [0.5, 0.6) is 0 Å². The normalized spacial score (nSPS) is 25.3. The van der Waals surface area contributed by atoms with Gasteiger partial charge in [-0.15, -0.1) is 0 Å². The number of nitrogens with zero attached hydrogens (tertiary/aromatic N) is 1. The van der Waals surface area contributed by atoms with E-state index in [9.17, 15) is 14.3 Å². The number of rotatable bonds is 4. The molecule has 6 nitrogen and oxygen atoms in total. The molecule has 2 fully saturated rings. The first kappa shape index (κ1) is 23.0. The Labute approximate surface area is 179 Å². The Morgan fingerprint density at radius 2 is 1.87 bits per heavy atom. The third-order valence-corrected chi connectivity index (χ3v) is 6.63. The second-order valence-corrected chi connectivity index (χ2v) is 10.0. The summed E-state index contributed by atoms with van der Waals surface area (Å²) in [5.74, 6) is 0.0324. The molecular formula is C22H34BFN2O4. The van der Waals surface area contributed by atoms with Gasteiger partial charge in [0.1, 0.15) is 5.82 Å². The molecule has 0 aliphatic carbocycles. The van der Waals surface area contributed by atoms with Gasteiger partial charge < -0.3 is 24.6 Å². The van der Waals surface area contributed by atoms with Gasteiger partial charge in [0.25, 0.3) is 0 Å². The van der Waals surface area contributed by atoms with Gasteiger partial charge in [0.05, 0.1) is 17.3 Å². The predicted octanol–water partition coefficient (Wildman–Crippen LogP) is 3.30. The number of carbonyl (C=O) groups is 1. The highest BCUT2D eigenvalue weighted by Crippen LogP contribution is 2.37. The average Bonchev–Trinajstić information content (AvgIpc) is 3.06. The van der Waals surface area contributed by atoms with Gasteiger partial charge in [0.2, 0.25) is 0 Å². The van der Waals surface area contributed by atoms with Gasteiger partial charge >= 0.3 is 13.1 Å². The van der Waals surface area contributed by atoms with Crippen LogP contribution < -0.4 is 10.8 Å². The minimum atomic E-state index is -0.717. The molecule has 2 amide bonds. The van der Waals surface area contributed by atoms with E-state index in [1.807, 2.05) is 34.6 Å². The number of hydrogen-bond donors (Lipinski definition) is 2. The van der Waals surface area contributed by atoms with E-state index in [0.717, 1.165) is 6.42 Å². The monoisotopic (exact) mass is 420 g/mol. The predicted molar refractivity (Wildman–Crippen MR) is 116 cm³/mol. The highest BCUT2D eigenvalue weighted by Gasteiger charge is 2.52. The van der Waals surface area contributed by atoms with Crippen molar-refractivity contribution in [1.29, 1.82) is 0 Å². The number of halogens is 1. The zero-order chi connectivity index (χ0) is 22.4. The van der Waals surface area contributed by atoms with Crippen molar-refractivity contribution in [3.63, 3.8) is 0 Å². The summed E-state index contributed by atoms with van der Waals surface area (Å²) in [6.07, 6.45) is 0.322. The maximum absolute atomic E-state index is 14.4. The van der Waals surface area contributed by atoms with Crippen LogP contribution in [0.4, 0.5) is 14.9 Å². The van der Waals surface area contributed by atoms with Crippen LogP contribution in [-0.4, -0.2) is 53.6 Å². The zero-order valence-electron chi connectivity index (χ0n) is 19.1. The number of hydrogen-bond acceptors (Lipinski definition) is 4. The first-order valence-corrected chi connectivity index (χ1v) is 10.7. The summed E-state index contributed by atoms with van der Waals surface area (Å²) in [7, 11) is -0.717. The molecule has 2 atom stereocenters. The molecule has 2 N–H and O–H groups in total. The molecule has 0 unspecified atom stereocenters. The number of aliphatic hydroxyl groups is 1. The Balaban J connectivity index is 1.77. The highest BCUT2D eigenvalue weighted by atomic mass is 19.1. The summed E-state index contributed by atoms with van der Waals surface area (Å²) in [4.78, 5) is 14.4.